The summed E-state index contributed by atoms with van der Waals surface area (Å²) in [4.78, 5) is 12.8. The molecular weight excluding hydrogens is 428 g/mol. The first kappa shape index (κ1) is 22.2. The monoisotopic (exact) mass is 448 g/mol. The summed E-state index contributed by atoms with van der Waals surface area (Å²) < 4.78 is 47.2. The first-order chi connectivity index (χ1) is 14.5. The van der Waals surface area contributed by atoms with Crippen LogP contribution in [0.5, 0.6) is 23.0 Å². The molecule has 0 aliphatic rings. The third-order valence-corrected chi connectivity index (χ3v) is 4.84. The molecule has 3 rings (SSSR count). The van der Waals surface area contributed by atoms with Crippen molar-refractivity contribution in [1.29, 1.82) is 0 Å². The van der Waals surface area contributed by atoms with Crippen LogP contribution in [0.2, 0.25) is 0 Å². The highest BCUT2D eigenvalue weighted by atomic mass is 32.3. The summed E-state index contributed by atoms with van der Waals surface area (Å²) in [5.41, 5.74) is 0.186. The summed E-state index contributed by atoms with van der Waals surface area (Å²) in [5, 5.41) is 20.4. The van der Waals surface area contributed by atoms with E-state index in [-0.39, 0.29) is 28.7 Å². The summed E-state index contributed by atoms with van der Waals surface area (Å²) in [6.45, 7) is 3.60. The first-order valence-electron chi connectivity index (χ1n) is 9.01. The lowest BCUT2D eigenvalue weighted by Gasteiger charge is -2.14. The van der Waals surface area contributed by atoms with Gasteiger partial charge in [0.2, 0.25) is 11.2 Å². The fraction of sp³-hybridized carbons (Fsp3) is 0.190. The molecule has 1 heterocycles. The molecule has 0 saturated carbocycles. The molecule has 0 spiro atoms. The predicted molar refractivity (Wildman–Crippen MR) is 113 cm³/mol. The first-order valence-corrected chi connectivity index (χ1v) is 10.4. The molecule has 0 amide bonds. The predicted octanol–water partition coefficient (Wildman–Crippen LogP) is 3.57. The van der Waals surface area contributed by atoms with E-state index in [2.05, 4.69) is 4.18 Å². The molecule has 1 aromatic heterocycles. The molecule has 0 unspecified atom stereocenters. The second-order valence-corrected chi connectivity index (χ2v) is 7.93. The fourth-order valence-corrected chi connectivity index (χ4v) is 3.37. The lowest BCUT2D eigenvalue weighted by molar-refractivity contribution is 0.383. The quantitative estimate of drug-likeness (QED) is 0.381. The molecule has 0 fully saturated rings. The standard InChI is InChI=1S/C21H20O9S/c1-11(2)4-9-14-16(30-31(25,26)27)10-15(22)17-18(23)19(24)20(29-21(14)17)12-5-7-13(28-3)8-6-12/h4-8,10,22,24H,9H2,1-3H3,(H,25,26,27). The zero-order chi connectivity index (χ0) is 22.9. The second-order valence-electron chi connectivity index (χ2n) is 6.91. The van der Waals surface area contributed by atoms with Crippen molar-refractivity contribution in [3.63, 3.8) is 0 Å². The van der Waals surface area contributed by atoms with Gasteiger partial charge in [-0.15, -0.1) is 0 Å². The van der Waals surface area contributed by atoms with Crippen molar-refractivity contribution in [1.82, 2.24) is 0 Å². The Hall–Kier alpha value is -3.50. The Labute approximate surface area is 177 Å². The van der Waals surface area contributed by atoms with Gasteiger partial charge >= 0.3 is 10.4 Å². The number of ether oxygens (including phenoxy) is 1. The highest BCUT2D eigenvalue weighted by Crippen LogP contribution is 2.39. The average Bonchev–Trinajstić information content (AvgIpc) is 2.68. The topological polar surface area (TPSA) is 144 Å². The van der Waals surface area contributed by atoms with Gasteiger partial charge in [0.05, 0.1) is 7.11 Å². The van der Waals surface area contributed by atoms with E-state index in [0.29, 0.717) is 11.3 Å². The molecule has 164 valence electrons. The number of hydrogen-bond acceptors (Lipinski definition) is 8. The van der Waals surface area contributed by atoms with E-state index < -0.39 is 33.1 Å². The Bertz CT molecular complexity index is 1330. The van der Waals surface area contributed by atoms with Crippen molar-refractivity contribution in [3.05, 3.63) is 57.8 Å². The van der Waals surface area contributed by atoms with Crippen LogP contribution < -0.4 is 14.3 Å². The third kappa shape index (κ3) is 4.65. The smallest absolute Gasteiger partial charge is 0.446 e. The number of phenols is 1. The molecule has 3 aromatic rings. The largest absolute Gasteiger partial charge is 0.507 e. The molecule has 0 atom stereocenters. The van der Waals surface area contributed by atoms with Crippen LogP contribution in [0.3, 0.4) is 0 Å². The minimum Gasteiger partial charge on any atom is -0.507 e. The number of phenolic OH excluding ortho intramolecular Hbond substituents is 1. The molecule has 0 aliphatic carbocycles. The molecule has 3 N–H and O–H groups in total. The van der Waals surface area contributed by atoms with Crippen LogP contribution in [0.15, 0.2) is 51.2 Å². The van der Waals surface area contributed by atoms with E-state index in [0.717, 1.165) is 11.6 Å². The Kier molecular flexibility index (Phi) is 5.96. The van der Waals surface area contributed by atoms with Gasteiger partial charge in [-0.1, -0.05) is 11.6 Å². The van der Waals surface area contributed by atoms with Gasteiger partial charge in [-0.05, 0) is 44.5 Å². The Morgan fingerprint density at radius 2 is 1.81 bits per heavy atom. The minimum atomic E-state index is -4.93. The summed E-state index contributed by atoms with van der Waals surface area (Å²) in [5.74, 6) is -1.48. The zero-order valence-electron chi connectivity index (χ0n) is 16.9. The van der Waals surface area contributed by atoms with Crippen molar-refractivity contribution >= 4 is 21.4 Å². The molecule has 0 bridgehead atoms. The minimum absolute atomic E-state index is 0.0553. The Morgan fingerprint density at radius 3 is 2.35 bits per heavy atom. The number of fused-ring (bicyclic) bond motifs is 1. The highest BCUT2D eigenvalue weighted by Gasteiger charge is 2.24. The van der Waals surface area contributed by atoms with Crippen LogP contribution in [0.25, 0.3) is 22.3 Å². The number of rotatable bonds is 6. The number of methoxy groups -OCH3 is 1. The van der Waals surface area contributed by atoms with Gasteiger partial charge in [0.1, 0.15) is 22.5 Å². The van der Waals surface area contributed by atoms with Crippen molar-refractivity contribution < 1.29 is 36.5 Å². The van der Waals surface area contributed by atoms with E-state index in [1.807, 2.05) is 0 Å². The summed E-state index contributed by atoms with van der Waals surface area (Å²) in [6.07, 6.45) is 1.77. The van der Waals surface area contributed by atoms with Crippen molar-refractivity contribution in [2.45, 2.75) is 20.3 Å². The van der Waals surface area contributed by atoms with E-state index in [9.17, 15) is 23.4 Å². The molecule has 9 nitrogen and oxygen atoms in total. The summed E-state index contributed by atoms with van der Waals surface area (Å²) >= 11 is 0. The van der Waals surface area contributed by atoms with Gasteiger partial charge in [-0.3, -0.25) is 9.35 Å². The summed E-state index contributed by atoms with van der Waals surface area (Å²) in [7, 11) is -3.44. The van der Waals surface area contributed by atoms with Crippen LogP contribution in [0.4, 0.5) is 0 Å². The van der Waals surface area contributed by atoms with Gasteiger partial charge < -0.3 is 23.6 Å². The normalized spacial score (nSPS) is 11.4. The third-order valence-electron chi connectivity index (χ3n) is 4.45. The average molecular weight is 448 g/mol. The lowest BCUT2D eigenvalue weighted by Crippen LogP contribution is -2.10. The fourth-order valence-electron chi connectivity index (χ4n) is 2.99. The number of aromatic hydroxyl groups is 2. The second kappa shape index (κ2) is 8.32. The van der Waals surface area contributed by atoms with Gasteiger partial charge in [-0.2, -0.15) is 8.42 Å². The van der Waals surface area contributed by atoms with Crippen LogP contribution >= 0.6 is 0 Å². The molecule has 31 heavy (non-hydrogen) atoms. The number of benzene rings is 2. The van der Waals surface area contributed by atoms with E-state index in [1.54, 1.807) is 44.2 Å². The van der Waals surface area contributed by atoms with Gasteiger partial charge in [0, 0.05) is 17.2 Å². The number of allylic oxidation sites excluding steroid dienone is 2. The maximum Gasteiger partial charge on any atom is 0.446 e. The van der Waals surface area contributed by atoms with Gasteiger partial charge in [0.15, 0.2) is 11.5 Å². The molecule has 10 heteroatoms. The SMILES string of the molecule is COc1ccc(-c2oc3c(CC=C(C)C)c(OS(=O)(=O)O)cc(O)c3c(=O)c2O)cc1. The van der Waals surface area contributed by atoms with E-state index in [4.69, 9.17) is 13.7 Å². The van der Waals surface area contributed by atoms with Crippen LogP contribution in [0, 0.1) is 0 Å². The van der Waals surface area contributed by atoms with Gasteiger partial charge in [0.25, 0.3) is 0 Å². The maximum atomic E-state index is 12.8. The van der Waals surface area contributed by atoms with Crippen LogP contribution in [-0.2, 0) is 16.8 Å². The zero-order valence-corrected chi connectivity index (χ0v) is 17.7. The van der Waals surface area contributed by atoms with Gasteiger partial charge in [-0.25, -0.2) is 0 Å². The molecule has 0 saturated heterocycles. The van der Waals surface area contributed by atoms with Crippen molar-refractivity contribution in [3.8, 4) is 34.3 Å². The van der Waals surface area contributed by atoms with Crippen molar-refractivity contribution in [2.24, 2.45) is 0 Å². The molecule has 0 aliphatic heterocycles. The van der Waals surface area contributed by atoms with Crippen LogP contribution in [0.1, 0.15) is 19.4 Å². The highest BCUT2D eigenvalue weighted by molar-refractivity contribution is 7.81. The van der Waals surface area contributed by atoms with Crippen molar-refractivity contribution in [2.75, 3.05) is 7.11 Å². The van der Waals surface area contributed by atoms with E-state index in [1.165, 1.54) is 7.11 Å². The van der Waals surface area contributed by atoms with E-state index >= 15 is 0 Å². The lowest BCUT2D eigenvalue weighted by atomic mass is 10.0. The molecular formula is C21H20O9S. The summed E-state index contributed by atoms with van der Waals surface area (Å²) in [6, 6.07) is 7.16. The maximum absolute atomic E-state index is 12.8. The Morgan fingerprint density at radius 1 is 1.16 bits per heavy atom. The number of hydrogen-bond donors (Lipinski definition) is 3. The molecule has 0 radical (unpaired) electrons. The Balaban J connectivity index is 2.39. The van der Waals surface area contributed by atoms with Crippen LogP contribution in [-0.4, -0.2) is 30.3 Å². The molecule has 2 aromatic carbocycles.